The van der Waals surface area contributed by atoms with Crippen molar-refractivity contribution < 1.29 is 21.6 Å². The second-order valence-electron chi connectivity index (χ2n) is 3.58. The van der Waals surface area contributed by atoms with Gasteiger partial charge in [-0.2, -0.15) is 0 Å². The van der Waals surface area contributed by atoms with E-state index >= 15 is 0 Å². The Hall–Kier alpha value is -0.790. The maximum absolute atomic E-state index is 13.3. The molecule has 8 heteroatoms. The molecule has 1 rings (SSSR count). The Kier molecular flexibility index (Phi) is 5.01. The summed E-state index contributed by atoms with van der Waals surface area (Å²) in [5.74, 6) is -4.19. The highest BCUT2D eigenvalue weighted by Gasteiger charge is 2.27. The van der Waals surface area contributed by atoms with E-state index in [1.54, 1.807) is 6.92 Å². The van der Waals surface area contributed by atoms with Crippen molar-refractivity contribution in [1.29, 1.82) is 0 Å². The lowest BCUT2D eigenvalue weighted by molar-refractivity contribution is 0.489. The van der Waals surface area contributed by atoms with E-state index < -0.39 is 38.4 Å². The van der Waals surface area contributed by atoms with Crippen molar-refractivity contribution in [2.45, 2.75) is 24.3 Å². The fourth-order valence-electron chi connectivity index (χ4n) is 1.29. The van der Waals surface area contributed by atoms with Crippen molar-refractivity contribution >= 4 is 21.6 Å². The van der Waals surface area contributed by atoms with Gasteiger partial charge >= 0.3 is 0 Å². The van der Waals surface area contributed by atoms with Gasteiger partial charge in [0.2, 0.25) is 10.0 Å². The van der Waals surface area contributed by atoms with E-state index in [-0.39, 0.29) is 5.88 Å². The van der Waals surface area contributed by atoms with Gasteiger partial charge in [0.25, 0.3) is 0 Å². The maximum atomic E-state index is 13.3. The van der Waals surface area contributed by atoms with Crippen LogP contribution in [0.1, 0.15) is 13.3 Å². The molecule has 0 aliphatic carbocycles. The number of rotatable bonds is 5. The largest absolute Gasteiger partial charge is 0.246 e. The Morgan fingerprint density at radius 2 is 1.78 bits per heavy atom. The third-order valence-electron chi connectivity index (χ3n) is 2.23. The molecule has 0 saturated carbocycles. The second-order valence-corrected chi connectivity index (χ2v) is 5.54. The molecule has 0 amide bonds. The monoisotopic (exact) mass is 301 g/mol. The first-order valence-electron chi connectivity index (χ1n) is 5.04. The van der Waals surface area contributed by atoms with Crippen molar-refractivity contribution in [2.75, 3.05) is 5.88 Å². The Labute approximate surface area is 108 Å². The fourth-order valence-corrected chi connectivity index (χ4v) is 3.11. The van der Waals surface area contributed by atoms with Crippen LogP contribution in [0.3, 0.4) is 0 Å². The molecule has 0 aromatic heterocycles. The maximum Gasteiger partial charge on any atom is 0.246 e. The molecule has 0 heterocycles. The van der Waals surface area contributed by atoms with Gasteiger partial charge in [-0.25, -0.2) is 26.3 Å². The molecule has 0 fully saturated rings. The van der Waals surface area contributed by atoms with Gasteiger partial charge in [-0.05, 0) is 6.42 Å². The minimum Gasteiger partial charge on any atom is -0.207 e. The molecular weight excluding hydrogens is 291 g/mol. The van der Waals surface area contributed by atoms with E-state index in [1.807, 2.05) is 4.72 Å². The summed E-state index contributed by atoms with van der Waals surface area (Å²) in [5, 5.41) is 0. The van der Waals surface area contributed by atoms with Crippen LogP contribution in [0.2, 0.25) is 0 Å². The van der Waals surface area contributed by atoms with Crippen molar-refractivity contribution in [3.8, 4) is 0 Å². The minimum absolute atomic E-state index is 0.0415. The van der Waals surface area contributed by atoms with Crippen LogP contribution >= 0.6 is 11.6 Å². The quantitative estimate of drug-likeness (QED) is 0.849. The van der Waals surface area contributed by atoms with Gasteiger partial charge in [-0.15, -0.1) is 11.6 Å². The lowest BCUT2D eigenvalue weighted by Gasteiger charge is -2.14. The Morgan fingerprint density at radius 1 is 1.28 bits per heavy atom. The number of benzene rings is 1. The van der Waals surface area contributed by atoms with Crippen LogP contribution in [0.4, 0.5) is 13.2 Å². The van der Waals surface area contributed by atoms with Gasteiger partial charge < -0.3 is 0 Å². The first-order valence-corrected chi connectivity index (χ1v) is 7.06. The molecule has 1 N–H and O–H groups in total. The van der Waals surface area contributed by atoms with Gasteiger partial charge in [0.1, 0.15) is 17.5 Å². The molecule has 0 saturated heterocycles. The zero-order valence-electron chi connectivity index (χ0n) is 9.38. The molecule has 0 bridgehead atoms. The van der Waals surface area contributed by atoms with Gasteiger partial charge in [-0.1, -0.05) is 6.92 Å². The zero-order valence-corrected chi connectivity index (χ0v) is 11.0. The van der Waals surface area contributed by atoms with Crippen LogP contribution in [0.25, 0.3) is 0 Å². The van der Waals surface area contributed by atoms with Crippen molar-refractivity contribution in [3.63, 3.8) is 0 Å². The Bertz CT molecular complexity index is 509. The van der Waals surface area contributed by atoms with Crippen LogP contribution < -0.4 is 4.72 Å². The first-order chi connectivity index (χ1) is 8.31. The van der Waals surface area contributed by atoms with Gasteiger partial charge in [0.05, 0.1) is 0 Å². The van der Waals surface area contributed by atoms with E-state index in [4.69, 9.17) is 11.6 Å². The van der Waals surface area contributed by atoms with Gasteiger partial charge in [-0.3, -0.25) is 0 Å². The van der Waals surface area contributed by atoms with E-state index in [0.29, 0.717) is 18.6 Å². The SMILES string of the molecule is CCC(CCl)NS(=O)(=O)c1c(F)cc(F)cc1F. The fraction of sp³-hybridized carbons (Fsp3) is 0.400. The Balaban J connectivity index is 3.21. The van der Waals surface area contributed by atoms with E-state index in [0.717, 1.165) is 0 Å². The average Bonchev–Trinajstić information content (AvgIpc) is 2.23. The third kappa shape index (κ3) is 3.37. The predicted molar refractivity (Wildman–Crippen MR) is 61.4 cm³/mol. The van der Waals surface area contributed by atoms with Crippen molar-refractivity contribution in [2.24, 2.45) is 0 Å². The predicted octanol–water partition coefficient (Wildman–Crippen LogP) is 2.40. The van der Waals surface area contributed by atoms with Crippen LogP contribution in [-0.4, -0.2) is 20.3 Å². The average molecular weight is 302 g/mol. The number of nitrogens with one attached hydrogen (secondary N) is 1. The molecule has 18 heavy (non-hydrogen) atoms. The number of halogens is 4. The van der Waals surface area contributed by atoms with Crippen LogP contribution in [0.15, 0.2) is 17.0 Å². The van der Waals surface area contributed by atoms with Crippen LogP contribution in [-0.2, 0) is 10.0 Å². The lowest BCUT2D eigenvalue weighted by atomic mass is 10.3. The lowest BCUT2D eigenvalue weighted by Crippen LogP contribution is -2.36. The smallest absolute Gasteiger partial charge is 0.207 e. The van der Waals surface area contributed by atoms with Crippen molar-refractivity contribution in [1.82, 2.24) is 4.72 Å². The standard InChI is InChI=1S/C10H11ClF3NO2S/c1-2-7(5-11)15-18(16,17)10-8(13)3-6(12)4-9(10)14/h3-4,7,15H,2,5H2,1H3. The summed E-state index contributed by atoms with van der Waals surface area (Å²) in [5.41, 5.74) is 0. The topological polar surface area (TPSA) is 46.2 Å². The summed E-state index contributed by atoms with van der Waals surface area (Å²) in [4.78, 5) is -1.20. The van der Waals surface area contributed by atoms with E-state index in [9.17, 15) is 21.6 Å². The van der Waals surface area contributed by atoms with Crippen molar-refractivity contribution in [3.05, 3.63) is 29.6 Å². The molecule has 1 aromatic carbocycles. The molecule has 3 nitrogen and oxygen atoms in total. The Morgan fingerprint density at radius 3 is 2.17 bits per heavy atom. The first kappa shape index (κ1) is 15.3. The van der Waals surface area contributed by atoms with E-state index in [2.05, 4.69) is 0 Å². The molecule has 0 aliphatic rings. The third-order valence-corrected chi connectivity index (χ3v) is 4.18. The molecule has 1 unspecified atom stereocenters. The number of sulfonamides is 1. The number of hydrogen-bond donors (Lipinski definition) is 1. The van der Waals surface area contributed by atoms with Crippen LogP contribution in [0, 0.1) is 17.5 Å². The summed E-state index contributed by atoms with van der Waals surface area (Å²) in [6.45, 7) is 1.66. The summed E-state index contributed by atoms with van der Waals surface area (Å²) in [6.07, 6.45) is 0.354. The molecule has 102 valence electrons. The summed E-state index contributed by atoms with van der Waals surface area (Å²) >= 11 is 5.49. The highest BCUT2D eigenvalue weighted by atomic mass is 35.5. The second kappa shape index (κ2) is 5.90. The van der Waals surface area contributed by atoms with E-state index in [1.165, 1.54) is 0 Å². The van der Waals surface area contributed by atoms with Crippen LogP contribution in [0.5, 0.6) is 0 Å². The highest BCUT2D eigenvalue weighted by molar-refractivity contribution is 7.89. The minimum atomic E-state index is -4.41. The zero-order chi connectivity index (χ0) is 13.9. The normalized spacial score (nSPS) is 13.6. The number of hydrogen-bond acceptors (Lipinski definition) is 2. The summed E-state index contributed by atoms with van der Waals surface area (Å²) in [7, 11) is -4.41. The summed E-state index contributed by atoms with van der Waals surface area (Å²) < 4.78 is 64.9. The molecule has 0 aliphatic heterocycles. The summed E-state index contributed by atoms with van der Waals surface area (Å²) in [6, 6.07) is -0.0426. The molecule has 0 radical (unpaired) electrons. The molecule has 1 aromatic rings. The molecule has 1 atom stereocenters. The number of alkyl halides is 1. The van der Waals surface area contributed by atoms with Gasteiger partial charge in [0, 0.05) is 24.1 Å². The van der Waals surface area contributed by atoms with Gasteiger partial charge in [0.15, 0.2) is 4.90 Å². The molecular formula is C10H11ClF3NO2S. The highest BCUT2D eigenvalue weighted by Crippen LogP contribution is 2.20. The molecule has 0 spiro atoms.